The summed E-state index contributed by atoms with van der Waals surface area (Å²) in [5.41, 5.74) is 5.17. The second-order valence-corrected chi connectivity index (χ2v) is 5.99. The minimum Gasteiger partial charge on any atom is -0.496 e. The van der Waals surface area contributed by atoms with Gasteiger partial charge in [0.05, 0.1) is 13.2 Å². The van der Waals surface area contributed by atoms with Crippen molar-refractivity contribution in [3.63, 3.8) is 0 Å². The molecule has 0 fully saturated rings. The number of hydrogen-bond acceptors (Lipinski definition) is 3. The average molecular weight is 347 g/mol. The first-order chi connectivity index (χ1) is 11.1. The third-order valence-corrected chi connectivity index (χ3v) is 4.28. The van der Waals surface area contributed by atoms with Crippen LogP contribution >= 0.6 is 12.4 Å². The highest BCUT2D eigenvalue weighted by atomic mass is 35.5. The maximum Gasteiger partial charge on any atom is 0.251 e. The maximum absolute atomic E-state index is 12.5. The summed E-state index contributed by atoms with van der Waals surface area (Å²) in [6.07, 6.45) is 0.970. The highest BCUT2D eigenvalue weighted by Gasteiger charge is 2.17. The first-order valence-corrected chi connectivity index (χ1v) is 7.90. The molecular formula is C19H23ClN2O2. The Kier molecular flexibility index (Phi) is 5.73. The van der Waals surface area contributed by atoms with Gasteiger partial charge in [0.25, 0.3) is 5.91 Å². The molecule has 0 aliphatic carbocycles. The van der Waals surface area contributed by atoms with Gasteiger partial charge >= 0.3 is 0 Å². The smallest absolute Gasteiger partial charge is 0.251 e. The minimum absolute atomic E-state index is 0. The minimum atomic E-state index is -0.122. The lowest BCUT2D eigenvalue weighted by atomic mass is 10.0. The predicted molar refractivity (Wildman–Crippen MR) is 99.5 cm³/mol. The molecule has 2 aromatic carbocycles. The van der Waals surface area contributed by atoms with E-state index in [1.54, 1.807) is 7.11 Å². The Labute approximate surface area is 149 Å². The Morgan fingerprint density at radius 3 is 2.79 bits per heavy atom. The lowest BCUT2D eigenvalue weighted by Gasteiger charge is -2.18. The standard InChI is InChI=1S/C19H22N2O2.ClH/c1-12-4-7-18(23-3)16(10-12)13(2)21-19(22)15-5-6-17-14(11-15)8-9-20-17;/h4-7,10-11,13,20H,8-9H2,1-3H3,(H,21,22);1H. The fourth-order valence-electron chi connectivity index (χ4n) is 3.00. The highest BCUT2D eigenvalue weighted by molar-refractivity contribution is 5.95. The van der Waals surface area contributed by atoms with E-state index in [1.165, 1.54) is 5.56 Å². The molecule has 2 aromatic rings. The molecule has 0 saturated carbocycles. The van der Waals surface area contributed by atoms with Crippen molar-refractivity contribution in [1.82, 2.24) is 5.32 Å². The van der Waals surface area contributed by atoms with Crippen molar-refractivity contribution < 1.29 is 9.53 Å². The predicted octanol–water partition coefficient (Wildman–Crippen LogP) is 3.88. The number of hydrogen-bond donors (Lipinski definition) is 2. The van der Waals surface area contributed by atoms with Crippen LogP contribution < -0.4 is 15.4 Å². The van der Waals surface area contributed by atoms with E-state index in [4.69, 9.17) is 4.74 Å². The molecule has 3 rings (SSSR count). The van der Waals surface area contributed by atoms with Crippen LogP contribution in [0.3, 0.4) is 0 Å². The van der Waals surface area contributed by atoms with Gasteiger partial charge in [0.15, 0.2) is 0 Å². The Hall–Kier alpha value is -2.20. The van der Waals surface area contributed by atoms with Crippen LogP contribution in [0.1, 0.15) is 40.0 Å². The van der Waals surface area contributed by atoms with Gasteiger partial charge in [-0.3, -0.25) is 4.79 Å². The van der Waals surface area contributed by atoms with Gasteiger partial charge in [-0.15, -0.1) is 12.4 Å². The molecule has 4 nitrogen and oxygen atoms in total. The van der Waals surface area contributed by atoms with E-state index in [2.05, 4.69) is 16.7 Å². The molecule has 1 aliphatic rings. The van der Waals surface area contributed by atoms with E-state index in [-0.39, 0.29) is 24.4 Å². The highest BCUT2D eigenvalue weighted by Crippen LogP contribution is 2.27. The largest absolute Gasteiger partial charge is 0.496 e. The number of halogens is 1. The zero-order valence-electron chi connectivity index (χ0n) is 14.2. The van der Waals surface area contributed by atoms with Gasteiger partial charge in [0, 0.05) is 23.4 Å². The SMILES string of the molecule is COc1ccc(C)cc1C(C)NC(=O)c1ccc2c(c1)CCN2.Cl. The monoisotopic (exact) mass is 346 g/mol. The summed E-state index contributed by atoms with van der Waals surface area (Å²) in [6.45, 7) is 4.95. The van der Waals surface area contributed by atoms with Gasteiger partial charge in [-0.25, -0.2) is 0 Å². The third-order valence-electron chi connectivity index (χ3n) is 4.28. The van der Waals surface area contributed by atoms with Crippen molar-refractivity contribution >= 4 is 24.0 Å². The summed E-state index contributed by atoms with van der Waals surface area (Å²) >= 11 is 0. The quantitative estimate of drug-likeness (QED) is 0.883. The number of ether oxygens (including phenoxy) is 1. The van der Waals surface area contributed by atoms with Crippen LogP contribution in [0.5, 0.6) is 5.75 Å². The van der Waals surface area contributed by atoms with Crippen molar-refractivity contribution in [2.24, 2.45) is 0 Å². The summed E-state index contributed by atoms with van der Waals surface area (Å²) in [6, 6.07) is 11.7. The zero-order chi connectivity index (χ0) is 16.4. The molecule has 0 radical (unpaired) electrons. The first kappa shape index (κ1) is 18.1. The normalized spacial score (nSPS) is 13.3. The summed E-state index contributed by atoms with van der Waals surface area (Å²) in [5, 5.41) is 6.37. The van der Waals surface area contributed by atoms with Crippen molar-refractivity contribution in [2.75, 3.05) is 19.0 Å². The third kappa shape index (κ3) is 3.65. The topological polar surface area (TPSA) is 50.4 Å². The fourth-order valence-corrected chi connectivity index (χ4v) is 3.00. The first-order valence-electron chi connectivity index (χ1n) is 7.90. The van der Waals surface area contributed by atoms with Crippen LogP contribution in [-0.2, 0) is 6.42 Å². The number of nitrogens with one attached hydrogen (secondary N) is 2. The summed E-state index contributed by atoms with van der Waals surface area (Å²) in [4.78, 5) is 12.5. The van der Waals surface area contributed by atoms with Gasteiger partial charge in [-0.1, -0.05) is 17.7 Å². The van der Waals surface area contributed by atoms with Gasteiger partial charge in [0.1, 0.15) is 5.75 Å². The number of aryl methyl sites for hydroxylation is 1. The van der Waals surface area contributed by atoms with Crippen molar-refractivity contribution in [1.29, 1.82) is 0 Å². The molecule has 1 amide bonds. The van der Waals surface area contributed by atoms with Gasteiger partial charge in [-0.05, 0) is 50.1 Å². The molecule has 1 heterocycles. The molecular weight excluding hydrogens is 324 g/mol. The van der Waals surface area contributed by atoms with E-state index >= 15 is 0 Å². The summed E-state index contributed by atoms with van der Waals surface area (Å²) < 4.78 is 5.41. The second-order valence-electron chi connectivity index (χ2n) is 5.99. The number of amides is 1. The van der Waals surface area contributed by atoms with E-state index < -0.39 is 0 Å². The molecule has 0 aromatic heterocycles. The van der Waals surface area contributed by atoms with Crippen LogP contribution in [0.15, 0.2) is 36.4 Å². The van der Waals surface area contributed by atoms with Crippen LogP contribution in [0.25, 0.3) is 0 Å². The molecule has 1 atom stereocenters. The molecule has 128 valence electrons. The molecule has 24 heavy (non-hydrogen) atoms. The van der Waals surface area contributed by atoms with Crippen molar-refractivity contribution in [3.05, 3.63) is 58.7 Å². The molecule has 0 bridgehead atoms. The van der Waals surface area contributed by atoms with Crippen molar-refractivity contribution in [3.8, 4) is 5.75 Å². The van der Waals surface area contributed by atoms with Crippen LogP contribution in [0, 0.1) is 6.92 Å². The van der Waals surface area contributed by atoms with Gasteiger partial charge in [-0.2, -0.15) is 0 Å². The van der Waals surface area contributed by atoms with Gasteiger partial charge in [0.2, 0.25) is 0 Å². The number of rotatable bonds is 4. The lowest BCUT2D eigenvalue weighted by Crippen LogP contribution is -2.27. The van der Waals surface area contributed by atoms with Crippen molar-refractivity contribution in [2.45, 2.75) is 26.3 Å². The maximum atomic E-state index is 12.5. The van der Waals surface area contributed by atoms with Crippen LogP contribution in [0.4, 0.5) is 5.69 Å². The summed E-state index contributed by atoms with van der Waals surface area (Å²) in [5.74, 6) is 0.734. The molecule has 0 saturated heterocycles. The number of benzene rings is 2. The van der Waals surface area contributed by atoms with Crippen LogP contribution in [-0.4, -0.2) is 19.6 Å². The van der Waals surface area contributed by atoms with E-state index in [0.717, 1.165) is 35.5 Å². The van der Waals surface area contributed by atoms with Gasteiger partial charge < -0.3 is 15.4 Å². The second kappa shape index (κ2) is 7.58. The Morgan fingerprint density at radius 1 is 1.25 bits per heavy atom. The fraction of sp³-hybridized carbons (Fsp3) is 0.316. The molecule has 2 N–H and O–H groups in total. The number of carbonyl (C=O) groups excluding carboxylic acids is 1. The van der Waals surface area contributed by atoms with E-state index in [1.807, 2.05) is 44.2 Å². The number of anilines is 1. The number of fused-ring (bicyclic) bond motifs is 1. The molecule has 1 unspecified atom stereocenters. The number of carbonyl (C=O) groups is 1. The molecule has 1 aliphatic heterocycles. The Morgan fingerprint density at radius 2 is 2.04 bits per heavy atom. The molecule has 5 heteroatoms. The average Bonchev–Trinajstić information content (AvgIpc) is 3.02. The molecule has 0 spiro atoms. The Balaban J connectivity index is 0.00000208. The van der Waals surface area contributed by atoms with E-state index in [9.17, 15) is 4.79 Å². The number of methoxy groups -OCH3 is 1. The van der Waals surface area contributed by atoms with Crippen LogP contribution in [0.2, 0.25) is 0 Å². The zero-order valence-corrected chi connectivity index (χ0v) is 15.0. The Bertz CT molecular complexity index is 746. The summed E-state index contributed by atoms with van der Waals surface area (Å²) in [7, 11) is 1.65. The lowest BCUT2D eigenvalue weighted by molar-refractivity contribution is 0.0939. The van der Waals surface area contributed by atoms with E-state index in [0.29, 0.717) is 5.56 Å².